The minimum Gasteiger partial charge on any atom is -0.388 e. The monoisotopic (exact) mass is 357 g/mol. The number of nitrogens with one attached hydrogen (secondary N) is 1. The smallest absolute Gasteiger partial charge is 0.321 e. The van der Waals surface area contributed by atoms with Crippen molar-refractivity contribution in [3.63, 3.8) is 0 Å². The van der Waals surface area contributed by atoms with Crippen LogP contribution < -0.4 is 5.32 Å². The van der Waals surface area contributed by atoms with Gasteiger partial charge in [0.15, 0.2) is 0 Å². The zero-order chi connectivity index (χ0) is 18.6. The van der Waals surface area contributed by atoms with Gasteiger partial charge in [-0.1, -0.05) is 12.1 Å². The average Bonchev–Trinajstić information content (AvgIpc) is 3.05. The third-order valence-electron chi connectivity index (χ3n) is 4.71. The van der Waals surface area contributed by atoms with E-state index in [-0.39, 0.29) is 6.03 Å². The number of hydrogen-bond donors (Lipinski definition) is 2. The number of likely N-dealkylation sites (tertiary alicyclic amines) is 1. The second kappa shape index (κ2) is 7.88. The fraction of sp³-hybridized carbons (Fsp3) is 0.474. The van der Waals surface area contributed by atoms with Gasteiger partial charge in [0.2, 0.25) is 0 Å². The second-order valence-electron chi connectivity index (χ2n) is 7.20. The molecule has 1 aromatic heterocycles. The Bertz CT molecular complexity index is 731. The quantitative estimate of drug-likeness (QED) is 0.880. The van der Waals surface area contributed by atoms with Crippen LogP contribution in [0.5, 0.6) is 0 Å². The van der Waals surface area contributed by atoms with E-state index in [1.165, 1.54) is 0 Å². The summed E-state index contributed by atoms with van der Waals surface area (Å²) in [6.07, 6.45) is 5.63. The zero-order valence-corrected chi connectivity index (χ0v) is 15.4. The van der Waals surface area contributed by atoms with E-state index >= 15 is 0 Å². The molecule has 7 heteroatoms. The van der Waals surface area contributed by atoms with Crippen molar-refractivity contribution in [2.75, 3.05) is 39.0 Å². The molecular weight excluding hydrogens is 330 g/mol. The Morgan fingerprint density at radius 2 is 2.08 bits per heavy atom. The molecule has 26 heavy (non-hydrogen) atoms. The Labute approximate surface area is 154 Å². The number of aliphatic hydroxyl groups is 1. The van der Waals surface area contributed by atoms with Crippen molar-refractivity contribution < 1.29 is 9.90 Å². The first-order valence-electron chi connectivity index (χ1n) is 8.99. The van der Waals surface area contributed by atoms with E-state index in [0.29, 0.717) is 38.2 Å². The first-order valence-corrected chi connectivity index (χ1v) is 8.99. The van der Waals surface area contributed by atoms with E-state index in [0.717, 1.165) is 12.1 Å². The predicted octanol–water partition coefficient (Wildman–Crippen LogP) is 2.18. The summed E-state index contributed by atoms with van der Waals surface area (Å²) in [6, 6.07) is 9.30. The predicted molar refractivity (Wildman–Crippen MR) is 102 cm³/mol. The number of carbonyl (C=O) groups is 1. The molecule has 0 saturated carbocycles. The van der Waals surface area contributed by atoms with Crippen LogP contribution in [0.15, 0.2) is 42.7 Å². The Morgan fingerprint density at radius 3 is 2.81 bits per heavy atom. The van der Waals surface area contributed by atoms with Gasteiger partial charge in [0.05, 0.1) is 17.0 Å². The molecule has 0 unspecified atom stereocenters. The van der Waals surface area contributed by atoms with Gasteiger partial charge in [-0.3, -0.25) is 0 Å². The summed E-state index contributed by atoms with van der Waals surface area (Å²) in [5.74, 6) is 0. The second-order valence-corrected chi connectivity index (χ2v) is 7.20. The number of anilines is 1. The van der Waals surface area contributed by atoms with Crippen LogP contribution >= 0.6 is 0 Å². The molecule has 1 atom stereocenters. The van der Waals surface area contributed by atoms with Gasteiger partial charge < -0.3 is 20.2 Å². The minimum atomic E-state index is -0.731. The Hall–Kier alpha value is -2.38. The Kier molecular flexibility index (Phi) is 5.58. The third-order valence-corrected chi connectivity index (χ3v) is 4.71. The lowest BCUT2D eigenvalue weighted by Gasteiger charge is -2.30. The lowest BCUT2D eigenvalue weighted by atomic mass is 9.94. The summed E-state index contributed by atoms with van der Waals surface area (Å²) in [6.45, 7) is 1.80. The molecule has 0 radical (unpaired) electrons. The molecule has 3 rings (SSSR count). The van der Waals surface area contributed by atoms with E-state index in [9.17, 15) is 9.90 Å². The topological polar surface area (TPSA) is 73.6 Å². The van der Waals surface area contributed by atoms with Crippen LogP contribution in [0.1, 0.15) is 19.3 Å². The summed E-state index contributed by atoms with van der Waals surface area (Å²) in [5, 5.41) is 18.0. The molecule has 2 heterocycles. The van der Waals surface area contributed by atoms with Gasteiger partial charge in [0.1, 0.15) is 0 Å². The van der Waals surface area contributed by atoms with Crippen LogP contribution in [-0.2, 0) is 0 Å². The highest BCUT2D eigenvalue weighted by Crippen LogP contribution is 2.24. The van der Waals surface area contributed by atoms with Crippen molar-refractivity contribution in [1.29, 1.82) is 0 Å². The summed E-state index contributed by atoms with van der Waals surface area (Å²) in [5.41, 5.74) is 0.810. The largest absolute Gasteiger partial charge is 0.388 e. The lowest BCUT2D eigenvalue weighted by molar-refractivity contribution is 0.00361. The maximum Gasteiger partial charge on any atom is 0.321 e. The molecule has 1 fully saturated rings. The van der Waals surface area contributed by atoms with Crippen molar-refractivity contribution in [2.45, 2.75) is 24.9 Å². The highest BCUT2D eigenvalue weighted by molar-refractivity contribution is 5.91. The molecule has 1 saturated heterocycles. The lowest BCUT2D eigenvalue weighted by Crippen LogP contribution is -2.42. The number of amides is 2. The third kappa shape index (κ3) is 4.42. The van der Waals surface area contributed by atoms with E-state index in [4.69, 9.17) is 0 Å². The fourth-order valence-corrected chi connectivity index (χ4v) is 3.51. The molecule has 0 bridgehead atoms. The normalized spacial score (nSPS) is 20.8. The molecule has 1 aromatic carbocycles. The van der Waals surface area contributed by atoms with Gasteiger partial charge in [0, 0.05) is 32.0 Å². The van der Waals surface area contributed by atoms with Gasteiger partial charge in [-0.15, -0.1) is 0 Å². The fourth-order valence-electron chi connectivity index (χ4n) is 3.51. The van der Waals surface area contributed by atoms with Crippen molar-refractivity contribution in [1.82, 2.24) is 19.6 Å². The average molecular weight is 357 g/mol. The summed E-state index contributed by atoms with van der Waals surface area (Å²) >= 11 is 0. The number of aromatic nitrogens is 2. The zero-order valence-electron chi connectivity index (χ0n) is 15.4. The minimum absolute atomic E-state index is 0.140. The number of nitrogens with zero attached hydrogens (tertiary/aromatic N) is 4. The highest BCUT2D eigenvalue weighted by atomic mass is 16.3. The highest BCUT2D eigenvalue weighted by Gasteiger charge is 2.32. The molecule has 140 valence electrons. The first-order chi connectivity index (χ1) is 12.5. The first kappa shape index (κ1) is 18.4. The van der Waals surface area contributed by atoms with E-state index in [1.54, 1.807) is 15.8 Å². The van der Waals surface area contributed by atoms with Gasteiger partial charge >= 0.3 is 6.03 Å². The van der Waals surface area contributed by atoms with Gasteiger partial charge in [-0.2, -0.15) is 5.10 Å². The van der Waals surface area contributed by atoms with Crippen molar-refractivity contribution in [2.24, 2.45) is 0 Å². The molecular formula is C19H27N5O2. The van der Waals surface area contributed by atoms with Crippen LogP contribution in [0.2, 0.25) is 0 Å². The number of urea groups is 1. The Morgan fingerprint density at radius 1 is 1.27 bits per heavy atom. The SMILES string of the molecule is CN(C)C[C@]1(O)CCCN(C(=O)Nc2ccccc2-n2cccn2)CC1. The number of carbonyl (C=O) groups excluding carboxylic acids is 1. The number of likely N-dealkylation sites (N-methyl/N-ethyl adjacent to an activating group) is 1. The van der Waals surface area contributed by atoms with Crippen molar-refractivity contribution >= 4 is 11.7 Å². The number of benzene rings is 1. The summed E-state index contributed by atoms with van der Waals surface area (Å²) in [7, 11) is 3.92. The molecule has 2 N–H and O–H groups in total. The molecule has 2 aromatic rings. The molecule has 7 nitrogen and oxygen atoms in total. The number of rotatable bonds is 4. The van der Waals surface area contributed by atoms with Crippen LogP contribution in [0.25, 0.3) is 5.69 Å². The molecule has 0 spiro atoms. The van der Waals surface area contributed by atoms with Crippen LogP contribution in [0.4, 0.5) is 10.5 Å². The maximum atomic E-state index is 12.8. The summed E-state index contributed by atoms with van der Waals surface area (Å²) < 4.78 is 1.73. The Balaban J connectivity index is 1.68. The number of para-hydroxylation sites is 2. The van der Waals surface area contributed by atoms with E-state index in [2.05, 4.69) is 10.4 Å². The van der Waals surface area contributed by atoms with E-state index in [1.807, 2.05) is 55.5 Å². The molecule has 1 aliphatic rings. The molecule has 0 aliphatic carbocycles. The summed E-state index contributed by atoms with van der Waals surface area (Å²) in [4.78, 5) is 16.5. The van der Waals surface area contributed by atoms with Crippen molar-refractivity contribution in [3.05, 3.63) is 42.7 Å². The maximum absolute atomic E-state index is 12.8. The molecule has 1 aliphatic heterocycles. The van der Waals surface area contributed by atoms with Gasteiger partial charge in [0.25, 0.3) is 0 Å². The standard InChI is InChI=1S/C19H27N5O2/c1-22(2)15-19(26)9-5-12-23(14-10-19)18(25)21-16-7-3-4-8-17(16)24-13-6-11-20-24/h3-4,6-8,11,13,26H,5,9-10,12,14-15H2,1-2H3,(H,21,25)/t19-/m0/s1. The molecule has 2 amide bonds. The van der Waals surface area contributed by atoms with Crippen LogP contribution in [-0.4, -0.2) is 70.0 Å². The van der Waals surface area contributed by atoms with Crippen LogP contribution in [0, 0.1) is 0 Å². The number of hydrogen-bond acceptors (Lipinski definition) is 4. The van der Waals surface area contributed by atoms with Crippen LogP contribution in [0.3, 0.4) is 0 Å². The van der Waals surface area contributed by atoms with Gasteiger partial charge in [-0.25, -0.2) is 9.48 Å². The van der Waals surface area contributed by atoms with Gasteiger partial charge in [-0.05, 0) is 51.6 Å². The van der Waals surface area contributed by atoms with Crippen molar-refractivity contribution in [3.8, 4) is 5.69 Å². The van der Waals surface area contributed by atoms with E-state index < -0.39 is 5.60 Å².